The molecule has 0 spiro atoms. The first-order chi connectivity index (χ1) is 7.58. The summed E-state index contributed by atoms with van der Waals surface area (Å²) in [6.07, 6.45) is 0.247. The van der Waals surface area contributed by atoms with Gasteiger partial charge in [0, 0.05) is 0 Å². The molecule has 4 nitrogen and oxygen atoms in total. The molecular formula is C11H13ClO4. The Balaban J connectivity index is 2.86. The van der Waals surface area contributed by atoms with Crippen LogP contribution in [-0.4, -0.2) is 30.7 Å². The molecule has 1 atom stereocenters. The molecule has 5 heteroatoms. The molecule has 1 N–H and O–H groups in total. The molecule has 1 aromatic carbocycles. The van der Waals surface area contributed by atoms with Crippen LogP contribution in [0.4, 0.5) is 0 Å². The highest BCUT2D eigenvalue weighted by Gasteiger charge is 2.15. The van der Waals surface area contributed by atoms with Crippen molar-refractivity contribution >= 4 is 17.6 Å². The first-order valence-corrected chi connectivity index (χ1v) is 5.10. The summed E-state index contributed by atoms with van der Waals surface area (Å²) in [6.45, 7) is 0. The monoisotopic (exact) mass is 244 g/mol. The van der Waals surface area contributed by atoms with Crippen LogP contribution in [0.3, 0.4) is 0 Å². The van der Waals surface area contributed by atoms with Crippen molar-refractivity contribution in [2.24, 2.45) is 0 Å². The minimum Gasteiger partial charge on any atom is -0.493 e. The summed E-state index contributed by atoms with van der Waals surface area (Å²) >= 11 is 5.65. The zero-order valence-corrected chi connectivity index (χ0v) is 9.82. The molecule has 0 fully saturated rings. The molecule has 0 radical (unpaired) electrons. The van der Waals surface area contributed by atoms with Gasteiger partial charge in [-0.1, -0.05) is 6.07 Å². The molecule has 0 amide bonds. The van der Waals surface area contributed by atoms with Crippen molar-refractivity contribution in [3.63, 3.8) is 0 Å². The number of rotatable bonds is 5. The molecule has 1 unspecified atom stereocenters. The predicted octanol–water partition coefficient (Wildman–Crippen LogP) is 1.94. The van der Waals surface area contributed by atoms with Gasteiger partial charge in [0.25, 0.3) is 0 Å². The Morgan fingerprint density at radius 1 is 1.38 bits per heavy atom. The van der Waals surface area contributed by atoms with Crippen LogP contribution in [0.25, 0.3) is 0 Å². The summed E-state index contributed by atoms with van der Waals surface area (Å²) in [5.74, 6) is 0.137. The number of carboxylic acid groups (broad SMARTS) is 1. The van der Waals surface area contributed by atoms with E-state index >= 15 is 0 Å². The van der Waals surface area contributed by atoms with Gasteiger partial charge in [-0.2, -0.15) is 0 Å². The second kappa shape index (κ2) is 5.61. The van der Waals surface area contributed by atoms with Crippen LogP contribution in [0.5, 0.6) is 11.5 Å². The Morgan fingerprint density at radius 3 is 2.50 bits per heavy atom. The van der Waals surface area contributed by atoms with Crippen molar-refractivity contribution in [2.45, 2.75) is 11.8 Å². The van der Waals surface area contributed by atoms with Crippen molar-refractivity contribution in [1.82, 2.24) is 0 Å². The lowest BCUT2D eigenvalue weighted by atomic mass is 10.1. The Morgan fingerprint density at radius 2 is 2.00 bits per heavy atom. The van der Waals surface area contributed by atoms with Crippen molar-refractivity contribution in [3.8, 4) is 11.5 Å². The molecule has 0 aromatic heterocycles. The molecule has 16 heavy (non-hydrogen) atoms. The zero-order chi connectivity index (χ0) is 12.1. The number of methoxy groups -OCH3 is 2. The minimum atomic E-state index is -1.03. The highest BCUT2D eigenvalue weighted by molar-refractivity contribution is 6.29. The van der Waals surface area contributed by atoms with Gasteiger partial charge in [0.2, 0.25) is 0 Å². The highest BCUT2D eigenvalue weighted by atomic mass is 35.5. The molecule has 0 saturated heterocycles. The van der Waals surface area contributed by atoms with Gasteiger partial charge in [-0.3, -0.25) is 4.79 Å². The third kappa shape index (κ3) is 3.03. The number of carbonyl (C=O) groups is 1. The standard InChI is InChI=1S/C11H13ClO4/c1-15-9-4-3-7(6-10(9)16-2)5-8(12)11(13)14/h3-4,6,8H,5H2,1-2H3,(H,13,14). The average molecular weight is 245 g/mol. The fourth-order valence-corrected chi connectivity index (χ4v) is 1.48. The predicted molar refractivity (Wildman–Crippen MR) is 60.5 cm³/mol. The van der Waals surface area contributed by atoms with Gasteiger partial charge < -0.3 is 14.6 Å². The maximum Gasteiger partial charge on any atom is 0.321 e. The van der Waals surface area contributed by atoms with Gasteiger partial charge in [-0.15, -0.1) is 11.6 Å². The lowest BCUT2D eigenvalue weighted by Gasteiger charge is -2.10. The van der Waals surface area contributed by atoms with Gasteiger partial charge in [-0.25, -0.2) is 0 Å². The number of benzene rings is 1. The van der Waals surface area contributed by atoms with E-state index in [-0.39, 0.29) is 6.42 Å². The van der Waals surface area contributed by atoms with Crippen LogP contribution in [0.1, 0.15) is 5.56 Å². The summed E-state index contributed by atoms with van der Waals surface area (Å²) in [5.41, 5.74) is 0.792. The number of aliphatic carboxylic acids is 1. The third-order valence-electron chi connectivity index (χ3n) is 2.13. The number of carboxylic acids is 1. The van der Waals surface area contributed by atoms with E-state index in [1.807, 2.05) is 0 Å². The van der Waals surface area contributed by atoms with E-state index < -0.39 is 11.3 Å². The first kappa shape index (κ1) is 12.6. The largest absolute Gasteiger partial charge is 0.493 e. The highest BCUT2D eigenvalue weighted by Crippen LogP contribution is 2.28. The third-order valence-corrected chi connectivity index (χ3v) is 2.47. The van der Waals surface area contributed by atoms with Crippen LogP contribution in [0.15, 0.2) is 18.2 Å². The lowest BCUT2D eigenvalue weighted by Crippen LogP contribution is -2.15. The SMILES string of the molecule is COc1ccc(CC(Cl)C(=O)O)cc1OC. The molecular weight excluding hydrogens is 232 g/mol. The van der Waals surface area contributed by atoms with Gasteiger partial charge in [-0.05, 0) is 24.1 Å². The Kier molecular flexibility index (Phi) is 4.43. The van der Waals surface area contributed by atoms with Gasteiger partial charge in [0.05, 0.1) is 14.2 Å². The van der Waals surface area contributed by atoms with E-state index in [0.29, 0.717) is 11.5 Å². The topological polar surface area (TPSA) is 55.8 Å². The summed E-state index contributed by atoms with van der Waals surface area (Å²) < 4.78 is 10.2. The molecule has 0 aliphatic carbocycles. The van der Waals surface area contributed by atoms with Crippen LogP contribution in [0, 0.1) is 0 Å². The molecule has 1 rings (SSSR count). The maximum atomic E-state index is 10.6. The number of ether oxygens (including phenoxy) is 2. The first-order valence-electron chi connectivity index (χ1n) is 4.66. The fourth-order valence-electron chi connectivity index (χ4n) is 1.30. The molecule has 0 bridgehead atoms. The molecule has 0 saturated carbocycles. The normalized spacial score (nSPS) is 11.9. The molecule has 88 valence electrons. The average Bonchev–Trinajstić information content (AvgIpc) is 2.28. The van der Waals surface area contributed by atoms with Gasteiger partial charge in [0.15, 0.2) is 11.5 Å². The van der Waals surface area contributed by atoms with Crippen molar-refractivity contribution < 1.29 is 19.4 Å². The van der Waals surface area contributed by atoms with E-state index in [2.05, 4.69) is 0 Å². The minimum absolute atomic E-state index is 0.247. The number of hydrogen-bond acceptors (Lipinski definition) is 3. The summed E-state index contributed by atoms with van der Waals surface area (Å²) in [7, 11) is 3.07. The van der Waals surface area contributed by atoms with Gasteiger partial charge in [0.1, 0.15) is 5.38 Å². The number of halogens is 1. The molecule has 0 heterocycles. The van der Waals surface area contributed by atoms with Crippen LogP contribution in [-0.2, 0) is 11.2 Å². The van der Waals surface area contributed by atoms with E-state index in [0.717, 1.165) is 5.56 Å². The van der Waals surface area contributed by atoms with Crippen molar-refractivity contribution in [3.05, 3.63) is 23.8 Å². The summed E-state index contributed by atoms with van der Waals surface area (Å²) in [5, 5.41) is 7.75. The van der Waals surface area contributed by atoms with E-state index in [1.165, 1.54) is 7.11 Å². The quantitative estimate of drug-likeness (QED) is 0.805. The number of hydrogen-bond donors (Lipinski definition) is 1. The van der Waals surface area contributed by atoms with E-state index in [1.54, 1.807) is 25.3 Å². The number of alkyl halides is 1. The van der Waals surface area contributed by atoms with E-state index in [9.17, 15) is 4.79 Å². The summed E-state index contributed by atoms with van der Waals surface area (Å²) in [6, 6.07) is 5.20. The Hall–Kier alpha value is -1.42. The van der Waals surface area contributed by atoms with Crippen LogP contribution in [0.2, 0.25) is 0 Å². The Labute approximate surface area is 98.7 Å². The van der Waals surface area contributed by atoms with Crippen molar-refractivity contribution in [2.75, 3.05) is 14.2 Å². The van der Waals surface area contributed by atoms with Gasteiger partial charge >= 0.3 is 5.97 Å². The van der Waals surface area contributed by atoms with Crippen molar-refractivity contribution in [1.29, 1.82) is 0 Å². The zero-order valence-electron chi connectivity index (χ0n) is 9.07. The van der Waals surface area contributed by atoms with Crippen LogP contribution >= 0.6 is 11.6 Å². The second-order valence-corrected chi connectivity index (χ2v) is 3.73. The smallest absolute Gasteiger partial charge is 0.321 e. The maximum absolute atomic E-state index is 10.6. The van der Waals surface area contributed by atoms with E-state index in [4.69, 9.17) is 26.2 Å². The second-order valence-electron chi connectivity index (χ2n) is 3.20. The Bertz CT molecular complexity index is 378. The lowest BCUT2D eigenvalue weighted by molar-refractivity contribution is -0.136. The van der Waals surface area contributed by atoms with Crippen LogP contribution < -0.4 is 9.47 Å². The summed E-state index contributed by atoms with van der Waals surface area (Å²) in [4.78, 5) is 10.6. The molecule has 1 aromatic rings. The molecule has 0 aliphatic heterocycles. The molecule has 0 aliphatic rings. The fraction of sp³-hybridized carbons (Fsp3) is 0.364.